The van der Waals surface area contributed by atoms with Gasteiger partial charge in [-0.15, -0.1) is 0 Å². The number of esters is 1. The number of carbonyl (C=O) groups excluding carboxylic acids is 2. The van der Waals surface area contributed by atoms with Gasteiger partial charge in [-0.05, 0) is 13.8 Å². The molecule has 0 aromatic carbocycles. The van der Waals surface area contributed by atoms with Crippen molar-refractivity contribution in [1.82, 2.24) is 10.0 Å². The fraction of sp³-hybridized carbons (Fsp3) is 0.800. The molecule has 15 heavy (non-hydrogen) atoms. The van der Waals surface area contributed by atoms with Crippen molar-refractivity contribution in [3.05, 3.63) is 0 Å². The van der Waals surface area contributed by atoms with Gasteiger partial charge in [-0.2, -0.15) is 0 Å². The van der Waals surface area contributed by atoms with Gasteiger partial charge in [-0.25, -0.2) is 5.01 Å². The smallest absolute Gasteiger partial charge is 0.319 e. The summed E-state index contributed by atoms with van der Waals surface area (Å²) in [4.78, 5) is 23.3. The largest absolute Gasteiger partial charge is 0.465 e. The van der Waals surface area contributed by atoms with Crippen LogP contribution in [-0.4, -0.2) is 48.1 Å². The molecule has 0 saturated carbocycles. The van der Waals surface area contributed by atoms with E-state index < -0.39 is 11.9 Å². The molecule has 1 fully saturated rings. The molecule has 1 aliphatic heterocycles. The van der Waals surface area contributed by atoms with E-state index in [2.05, 4.69) is 0 Å². The minimum atomic E-state index is -0.634. The Labute approximate surface area is 89.9 Å². The van der Waals surface area contributed by atoms with Crippen LogP contribution in [0.3, 0.4) is 0 Å². The number of carbonyl (C=O) groups is 2. The molecule has 1 aliphatic rings. The Morgan fingerprint density at radius 3 is 2.47 bits per heavy atom. The Bertz CT molecular complexity index is 255. The van der Waals surface area contributed by atoms with Gasteiger partial charge in [0.2, 0.25) is 0 Å². The van der Waals surface area contributed by atoms with Crippen LogP contribution in [0, 0.1) is 5.92 Å². The van der Waals surface area contributed by atoms with E-state index in [9.17, 15) is 9.59 Å². The van der Waals surface area contributed by atoms with Crippen molar-refractivity contribution in [2.75, 3.05) is 26.2 Å². The molecular formula is C10H18N2O3. The Morgan fingerprint density at radius 1 is 1.40 bits per heavy atom. The molecule has 1 rings (SSSR count). The second-order valence-corrected chi connectivity index (χ2v) is 3.36. The monoisotopic (exact) mass is 214 g/mol. The standard InChI is InChI=1S/C10H18N2O3/c1-4-11-7-8(10(14)15-6-3)9(13)12(11)5-2/h8H,4-7H2,1-3H3. The molecule has 1 atom stereocenters. The molecule has 5 heteroatoms. The maximum Gasteiger partial charge on any atom is 0.319 e. The van der Waals surface area contributed by atoms with Crippen LogP contribution in [0.4, 0.5) is 0 Å². The molecule has 0 N–H and O–H groups in total. The molecule has 1 unspecified atom stereocenters. The highest BCUT2D eigenvalue weighted by Crippen LogP contribution is 2.18. The highest BCUT2D eigenvalue weighted by molar-refractivity contribution is 5.99. The third-order valence-corrected chi connectivity index (χ3v) is 2.52. The van der Waals surface area contributed by atoms with E-state index in [0.717, 1.165) is 6.54 Å². The van der Waals surface area contributed by atoms with Gasteiger partial charge in [0.1, 0.15) is 0 Å². The molecule has 1 amide bonds. The summed E-state index contributed by atoms with van der Waals surface area (Å²) in [6.45, 7) is 7.70. The summed E-state index contributed by atoms with van der Waals surface area (Å²) in [5, 5.41) is 3.49. The topological polar surface area (TPSA) is 49.9 Å². The lowest BCUT2D eigenvalue weighted by Gasteiger charge is -2.24. The average molecular weight is 214 g/mol. The van der Waals surface area contributed by atoms with Crippen molar-refractivity contribution >= 4 is 11.9 Å². The lowest BCUT2D eigenvalue weighted by molar-refractivity contribution is -0.152. The van der Waals surface area contributed by atoms with Crippen LogP contribution in [0.1, 0.15) is 20.8 Å². The summed E-state index contributed by atoms with van der Waals surface area (Å²) >= 11 is 0. The number of ether oxygens (including phenoxy) is 1. The van der Waals surface area contributed by atoms with Crippen molar-refractivity contribution < 1.29 is 14.3 Å². The van der Waals surface area contributed by atoms with Gasteiger partial charge in [-0.1, -0.05) is 6.92 Å². The van der Waals surface area contributed by atoms with Crippen molar-refractivity contribution in [1.29, 1.82) is 0 Å². The Kier molecular flexibility index (Phi) is 4.08. The number of rotatable bonds is 4. The van der Waals surface area contributed by atoms with Gasteiger partial charge < -0.3 is 4.74 Å². The molecule has 5 nitrogen and oxygen atoms in total. The zero-order valence-electron chi connectivity index (χ0n) is 9.52. The highest BCUT2D eigenvalue weighted by Gasteiger charge is 2.41. The minimum absolute atomic E-state index is 0.141. The van der Waals surface area contributed by atoms with E-state index in [1.54, 1.807) is 11.9 Å². The van der Waals surface area contributed by atoms with Crippen LogP contribution in [0.25, 0.3) is 0 Å². The summed E-state index contributed by atoms with van der Waals surface area (Å²) in [6.07, 6.45) is 0. The van der Waals surface area contributed by atoms with Crippen LogP contribution in [0.2, 0.25) is 0 Å². The second-order valence-electron chi connectivity index (χ2n) is 3.36. The molecule has 0 radical (unpaired) electrons. The average Bonchev–Trinajstić information content (AvgIpc) is 2.55. The zero-order chi connectivity index (χ0) is 11.4. The van der Waals surface area contributed by atoms with Gasteiger partial charge in [0, 0.05) is 19.6 Å². The van der Waals surface area contributed by atoms with Crippen LogP contribution in [-0.2, 0) is 14.3 Å². The van der Waals surface area contributed by atoms with Crippen LogP contribution in [0.15, 0.2) is 0 Å². The Morgan fingerprint density at radius 2 is 2.07 bits per heavy atom. The molecule has 0 aromatic rings. The third-order valence-electron chi connectivity index (χ3n) is 2.52. The van der Waals surface area contributed by atoms with Gasteiger partial charge in [-0.3, -0.25) is 14.6 Å². The number of hydrogen-bond donors (Lipinski definition) is 0. The minimum Gasteiger partial charge on any atom is -0.465 e. The maximum atomic E-state index is 11.8. The number of hydrogen-bond acceptors (Lipinski definition) is 4. The first-order valence-corrected chi connectivity index (χ1v) is 5.38. The predicted molar refractivity (Wildman–Crippen MR) is 54.8 cm³/mol. The van der Waals surface area contributed by atoms with Crippen LogP contribution < -0.4 is 0 Å². The molecule has 1 heterocycles. The first-order chi connectivity index (χ1) is 7.15. The molecule has 0 aliphatic carbocycles. The second kappa shape index (κ2) is 5.11. The highest BCUT2D eigenvalue weighted by atomic mass is 16.5. The van der Waals surface area contributed by atoms with E-state index in [4.69, 9.17) is 4.74 Å². The van der Waals surface area contributed by atoms with Crippen molar-refractivity contribution in [3.8, 4) is 0 Å². The molecule has 0 bridgehead atoms. The fourth-order valence-corrected chi connectivity index (χ4v) is 1.78. The lowest BCUT2D eigenvalue weighted by Crippen LogP contribution is -2.38. The van der Waals surface area contributed by atoms with Crippen molar-refractivity contribution in [3.63, 3.8) is 0 Å². The van der Waals surface area contributed by atoms with E-state index >= 15 is 0 Å². The molecule has 0 spiro atoms. The maximum absolute atomic E-state index is 11.8. The first kappa shape index (κ1) is 12.0. The summed E-state index contributed by atoms with van der Waals surface area (Å²) < 4.78 is 4.87. The molecule has 0 aromatic heterocycles. The zero-order valence-corrected chi connectivity index (χ0v) is 9.52. The Hall–Kier alpha value is -1.10. The van der Waals surface area contributed by atoms with Crippen LogP contribution >= 0.6 is 0 Å². The summed E-state index contributed by atoms with van der Waals surface area (Å²) in [6, 6.07) is 0. The SMILES string of the molecule is CCOC(=O)C1CN(CC)N(CC)C1=O. The van der Waals surface area contributed by atoms with Crippen molar-refractivity contribution in [2.24, 2.45) is 5.92 Å². The molecule has 86 valence electrons. The van der Waals surface area contributed by atoms with Gasteiger partial charge in [0.05, 0.1) is 6.61 Å². The van der Waals surface area contributed by atoms with Gasteiger partial charge in [0.15, 0.2) is 5.92 Å². The number of hydrazine groups is 1. The Balaban J connectivity index is 2.70. The van der Waals surface area contributed by atoms with Gasteiger partial charge in [0.25, 0.3) is 5.91 Å². The van der Waals surface area contributed by atoms with Gasteiger partial charge >= 0.3 is 5.97 Å². The molecular weight excluding hydrogens is 196 g/mol. The quantitative estimate of drug-likeness (QED) is 0.497. The lowest BCUT2D eigenvalue weighted by atomic mass is 10.1. The summed E-state index contributed by atoms with van der Waals surface area (Å²) in [5.74, 6) is -1.18. The summed E-state index contributed by atoms with van der Waals surface area (Å²) in [7, 11) is 0. The third kappa shape index (κ3) is 2.28. The normalized spacial score (nSPS) is 22.2. The van der Waals surface area contributed by atoms with E-state index in [0.29, 0.717) is 19.7 Å². The van der Waals surface area contributed by atoms with Crippen LogP contribution in [0.5, 0.6) is 0 Å². The molecule has 1 saturated heterocycles. The van der Waals surface area contributed by atoms with Crippen molar-refractivity contribution in [2.45, 2.75) is 20.8 Å². The van der Waals surface area contributed by atoms with E-state index in [-0.39, 0.29) is 5.91 Å². The predicted octanol–water partition coefficient (Wildman–Crippen LogP) is 0.265. The fourth-order valence-electron chi connectivity index (χ4n) is 1.78. The number of amides is 1. The summed E-state index contributed by atoms with van der Waals surface area (Å²) in [5.41, 5.74) is 0. The first-order valence-electron chi connectivity index (χ1n) is 5.38. The van der Waals surface area contributed by atoms with E-state index in [1.165, 1.54) is 0 Å². The van der Waals surface area contributed by atoms with E-state index in [1.807, 2.05) is 18.9 Å². The number of nitrogens with zero attached hydrogens (tertiary/aromatic N) is 2.